The summed E-state index contributed by atoms with van der Waals surface area (Å²) < 4.78 is 5.53. The topological polar surface area (TPSA) is 41.5 Å². The van der Waals surface area contributed by atoms with E-state index in [0.717, 1.165) is 30.6 Å². The van der Waals surface area contributed by atoms with Crippen LogP contribution >= 0.6 is 0 Å². The van der Waals surface area contributed by atoms with Crippen molar-refractivity contribution in [2.45, 2.75) is 44.8 Å². The van der Waals surface area contributed by atoms with Crippen LogP contribution in [0.5, 0.6) is 5.75 Å². The highest BCUT2D eigenvalue weighted by Crippen LogP contribution is 2.31. The molecule has 2 N–H and O–H groups in total. The van der Waals surface area contributed by atoms with Gasteiger partial charge in [-0.1, -0.05) is 43.9 Å². The third-order valence-electron chi connectivity index (χ3n) is 4.12. The third kappa shape index (κ3) is 4.77. The Morgan fingerprint density at radius 3 is 3.05 bits per heavy atom. The van der Waals surface area contributed by atoms with E-state index in [9.17, 15) is 5.11 Å². The van der Waals surface area contributed by atoms with Crippen LogP contribution in [0.3, 0.4) is 0 Å². The zero-order valence-corrected chi connectivity index (χ0v) is 12.8. The Morgan fingerprint density at radius 2 is 2.29 bits per heavy atom. The van der Waals surface area contributed by atoms with Crippen molar-refractivity contribution in [3.63, 3.8) is 0 Å². The SMILES string of the molecule is C#CCOc1ccccc1CNCC1(O)CCCC(C)C1. The van der Waals surface area contributed by atoms with Gasteiger partial charge in [0, 0.05) is 18.7 Å². The molecule has 0 aromatic heterocycles. The van der Waals surface area contributed by atoms with Gasteiger partial charge in [0.2, 0.25) is 0 Å². The molecule has 3 heteroatoms. The average Bonchev–Trinajstić information content (AvgIpc) is 2.46. The standard InChI is InChI=1S/C18H25NO2/c1-3-11-21-17-9-5-4-8-16(17)13-19-14-18(20)10-6-7-15(2)12-18/h1,4-5,8-9,15,19-20H,6-7,10-14H2,2H3. The van der Waals surface area contributed by atoms with Gasteiger partial charge in [-0.2, -0.15) is 0 Å². The molecule has 2 unspecified atom stereocenters. The van der Waals surface area contributed by atoms with Crippen molar-refractivity contribution in [3.8, 4) is 18.1 Å². The van der Waals surface area contributed by atoms with E-state index in [1.54, 1.807) is 0 Å². The first-order valence-electron chi connectivity index (χ1n) is 7.70. The lowest BCUT2D eigenvalue weighted by molar-refractivity contribution is -0.0119. The summed E-state index contributed by atoms with van der Waals surface area (Å²) in [7, 11) is 0. The van der Waals surface area contributed by atoms with Crippen molar-refractivity contribution in [1.29, 1.82) is 0 Å². The monoisotopic (exact) mass is 287 g/mol. The molecule has 3 nitrogen and oxygen atoms in total. The van der Waals surface area contributed by atoms with Gasteiger partial charge < -0.3 is 15.2 Å². The molecular weight excluding hydrogens is 262 g/mol. The Balaban J connectivity index is 1.87. The van der Waals surface area contributed by atoms with E-state index < -0.39 is 5.60 Å². The number of nitrogens with one attached hydrogen (secondary N) is 1. The van der Waals surface area contributed by atoms with E-state index in [4.69, 9.17) is 11.2 Å². The molecule has 0 spiro atoms. The van der Waals surface area contributed by atoms with Gasteiger partial charge in [0.1, 0.15) is 12.4 Å². The number of aliphatic hydroxyl groups is 1. The van der Waals surface area contributed by atoms with Gasteiger partial charge in [-0.25, -0.2) is 0 Å². The van der Waals surface area contributed by atoms with Crippen LogP contribution in [0.4, 0.5) is 0 Å². The maximum Gasteiger partial charge on any atom is 0.148 e. The van der Waals surface area contributed by atoms with Gasteiger partial charge >= 0.3 is 0 Å². The minimum atomic E-state index is -0.563. The predicted molar refractivity (Wildman–Crippen MR) is 85.1 cm³/mol. The highest BCUT2D eigenvalue weighted by Gasteiger charge is 2.32. The lowest BCUT2D eigenvalue weighted by Crippen LogP contribution is -2.43. The lowest BCUT2D eigenvalue weighted by Gasteiger charge is -2.35. The van der Waals surface area contributed by atoms with Gasteiger partial charge in [0.15, 0.2) is 0 Å². The lowest BCUT2D eigenvalue weighted by atomic mass is 9.79. The molecular formula is C18H25NO2. The summed E-state index contributed by atoms with van der Waals surface area (Å²) in [5.74, 6) is 3.90. The Labute approximate surface area is 127 Å². The highest BCUT2D eigenvalue weighted by molar-refractivity contribution is 5.33. The van der Waals surface area contributed by atoms with Gasteiger partial charge in [0.05, 0.1) is 5.60 Å². The fourth-order valence-electron chi connectivity index (χ4n) is 3.13. The molecule has 2 rings (SSSR count). The summed E-state index contributed by atoms with van der Waals surface area (Å²) >= 11 is 0. The first kappa shape index (κ1) is 15.9. The molecule has 1 saturated carbocycles. The van der Waals surface area contributed by atoms with E-state index >= 15 is 0 Å². The van der Waals surface area contributed by atoms with Crippen LogP contribution in [0.2, 0.25) is 0 Å². The number of rotatable bonds is 6. The molecule has 0 aliphatic heterocycles. The van der Waals surface area contributed by atoms with E-state index in [1.165, 1.54) is 6.42 Å². The molecule has 21 heavy (non-hydrogen) atoms. The van der Waals surface area contributed by atoms with Crippen molar-refractivity contribution < 1.29 is 9.84 Å². The molecule has 1 aliphatic rings. The number of benzene rings is 1. The van der Waals surface area contributed by atoms with Crippen molar-refractivity contribution in [2.75, 3.05) is 13.2 Å². The second-order valence-electron chi connectivity index (χ2n) is 6.13. The fourth-order valence-corrected chi connectivity index (χ4v) is 3.13. The smallest absolute Gasteiger partial charge is 0.148 e. The van der Waals surface area contributed by atoms with E-state index in [-0.39, 0.29) is 6.61 Å². The van der Waals surface area contributed by atoms with Gasteiger partial charge in [-0.05, 0) is 24.8 Å². The molecule has 0 amide bonds. The molecule has 1 aliphatic carbocycles. The van der Waals surface area contributed by atoms with Gasteiger partial charge in [0.25, 0.3) is 0 Å². The summed E-state index contributed by atoms with van der Waals surface area (Å²) in [5, 5.41) is 14.0. The number of para-hydroxylation sites is 1. The molecule has 114 valence electrons. The van der Waals surface area contributed by atoms with Crippen molar-refractivity contribution >= 4 is 0 Å². The van der Waals surface area contributed by atoms with Crippen molar-refractivity contribution in [3.05, 3.63) is 29.8 Å². The third-order valence-corrected chi connectivity index (χ3v) is 4.12. The summed E-state index contributed by atoms with van der Waals surface area (Å²) in [6.45, 7) is 3.80. The maximum absolute atomic E-state index is 10.6. The molecule has 0 saturated heterocycles. The van der Waals surface area contributed by atoms with E-state index in [2.05, 4.69) is 18.2 Å². The van der Waals surface area contributed by atoms with Gasteiger partial charge in [-0.3, -0.25) is 0 Å². The largest absolute Gasteiger partial charge is 0.481 e. The molecule has 1 aromatic rings. The summed E-state index contributed by atoms with van der Waals surface area (Å²) in [6, 6.07) is 7.86. The Kier molecular flexibility index (Phi) is 5.67. The van der Waals surface area contributed by atoms with Crippen molar-refractivity contribution in [1.82, 2.24) is 5.32 Å². The van der Waals surface area contributed by atoms with Crippen LogP contribution in [0.15, 0.2) is 24.3 Å². The average molecular weight is 287 g/mol. The number of hydrogen-bond acceptors (Lipinski definition) is 3. The molecule has 1 aromatic carbocycles. The second kappa shape index (κ2) is 7.49. The van der Waals surface area contributed by atoms with Crippen LogP contribution < -0.4 is 10.1 Å². The zero-order chi connectivity index (χ0) is 15.1. The summed E-state index contributed by atoms with van der Waals surface area (Å²) in [4.78, 5) is 0. The Bertz CT molecular complexity index is 494. The van der Waals surface area contributed by atoms with Crippen molar-refractivity contribution in [2.24, 2.45) is 5.92 Å². The zero-order valence-electron chi connectivity index (χ0n) is 12.8. The first-order valence-corrected chi connectivity index (χ1v) is 7.70. The molecule has 2 atom stereocenters. The molecule has 0 heterocycles. The van der Waals surface area contributed by atoms with E-state index in [0.29, 0.717) is 19.0 Å². The summed E-state index contributed by atoms with van der Waals surface area (Å²) in [6.07, 6.45) is 9.34. The number of ether oxygens (including phenoxy) is 1. The first-order chi connectivity index (χ1) is 10.1. The van der Waals surface area contributed by atoms with Crippen LogP contribution in [-0.2, 0) is 6.54 Å². The highest BCUT2D eigenvalue weighted by atomic mass is 16.5. The predicted octanol–water partition coefficient (Wildman–Crippen LogP) is 2.73. The second-order valence-corrected chi connectivity index (χ2v) is 6.13. The van der Waals surface area contributed by atoms with Gasteiger partial charge in [-0.15, -0.1) is 6.42 Å². The Hall–Kier alpha value is -1.50. The van der Waals surface area contributed by atoms with Crippen LogP contribution in [0, 0.1) is 18.3 Å². The molecule has 0 radical (unpaired) electrons. The van der Waals surface area contributed by atoms with Crippen LogP contribution in [0.25, 0.3) is 0 Å². The summed E-state index contributed by atoms with van der Waals surface area (Å²) in [5.41, 5.74) is 0.506. The number of terminal acetylenes is 1. The van der Waals surface area contributed by atoms with E-state index in [1.807, 2.05) is 24.3 Å². The fraction of sp³-hybridized carbons (Fsp3) is 0.556. The Morgan fingerprint density at radius 1 is 1.48 bits per heavy atom. The quantitative estimate of drug-likeness (QED) is 0.791. The number of hydrogen-bond donors (Lipinski definition) is 2. The van der Waals surface area contributed by atoms with Crippen LogP contribution in [0.1, 0.15) is 38.2 Å². The normalized spacial score (nSPS) is 25.3. The maximum atomic E-state index is 10.6. The molecule has 1 fully saturated rings. The molecule has 0 bridgehead atoms. The minimum Gasteiger partial charge on any atom is -0.481 e. The minimum absolute atomic E-state index is 0.276. The van der Waals surface area contributed by atoms with Crippen LogP contribution in [-0.4, -0.2) is 23.9 Å².